The number of nitrogens with one attached hydrogen (secondary N) is 2. The second-order valence-electron chi connectivity index (χ2n) is 5.04. The molecular formula is C17H27IN4O. The van der Waals surface area contributed by atoms with Crippen LogP contribution in [-0.4, -0.2) is 43.9 Å². The Balaban J connectivity index is 0.00000264. The van der Waals surface area contributed by atoms with E-state index in [1.54, 1.807) is 7.05 Å². The Kier molecular flexibility index (Phi) is 9.70. The van der Waals surface area contributed by atoms with Crippen LogP contribution in [0.15, 0.2) is 41.5 Å². The Morgan fingerprint density at radius 3 is 2.74 bits per heavy atom. The second-order valence-corrected chi connectivity index (χ2v) is 5.04. The van der Waals surface area contributed by atoms with Gasteiger partial charge in [0.1, 0.15) is 0 Å². The second kappa shape index (κ2) is 11.3. The van der Waals surface area contributed by atoms with Crippen LogP contribution in [0.25, 0.3) is 10.9 Å². The first-order valence-corrected chi connectivity index (χ1v) is 7.91. The van der Waals surface area contributed by atoms with Crippen molar-refractivity contribution in [3.05, 3.63) is 36.5 Å². The molecular weight excluding hydrogens is 403 g/mol. The maximum absolute atomic E-state index is 5.30. The molecule has 128 valence electrons. The lowest BCUT2D eigenvalue weighted by Crippen LogP contribution is -2.39. The van der Waals surface area contributed by atoms with E-state index in [4.69, 9.17) is 4.74 Å². The molecule has 5 nitrogen and oxygen atoms in total. The summed E-state index contributed by atoms with van der Waals surface area (Å²) in [6.07, 6.45) is 3.20. The predicted octanol–water partition coefficient (Wildman–Crippen LogP) is 2.85. The minimum absolute atomic E-state index is 0. The van der Waals surface area contributed by atoms with E-state index >= 15 is 0 Å². The van der Waals surface area contributed by atoms with Crippen LogP contribution < -0.4 is 10.6 Å². The average molecular weight is 430 g/mol. The lowest BCUT2D eigenvalue weighted by atomic mass is 10.2. The van der Waals surface area contributed by atoms with E-state index in [1.807, 2.05) is 6.92 Å². The first kappa shape index (κ1) is 19.8. The van der Waals surface area contributed by atoms with Gasteiger partial charge in [0.15, 0.2) is 5.96 Å². The normalized spacial score (nSPS) is 11.3. The number of hydrogen-bond acceptors (Lipinski definition) is 2. The maximum atomic E-state index is 5.30. The summed E-state index contributed by atoms with van der Waals surface area (Å²) in [4.78, 5) is 4.20. The molecule has 0 bridgehead atoms. The lowest BCUT2D eigenvalue weighted by Gasteiger charge is -2.12. The van der Waals surface area contributed by atoms with E-state index in [0.29, 0.717) is 6.61 Å². The fraction of sp³-hybridized carbons (Fsp3) is 0.471. The van der Waals surface area contributed by atoms with Crippen molar-refractivity contribution in [3.8, 4) is 0 Å². The summed E-state index contributed by atoms with van der Waals surface area (Å²) in [5, 5.41) is 7.86. The van der Waals surface area contributed by atoms with Gasteiger partial charge >= 0.3 is 0 Å². The van der Waals surface area contributed by atoms with Crippen LogP contribution in [0.3, 0.4) is 0 Å². The molecule has 23 heavy (non-hydrogen) atoms. The zero-order valence-electron chi connectivity index (χ0n) is 13.9. The summed E-state index contributed by atoms with van der Waals surface area (Å²) in [6, 6.07) is 10.6. The smallest absolute Gasteiger partial charge is 0.191 e. The van der Waals surface area contributed by atoms with Gasteiger partial charge in [-0.1, -0.05) is 18.2 Å². The molecule has 0 aliphatic rings. The van der Waals surface area contributed by atoms with Gasteiger partial charge in [0.05, 0.1) is 6.61 Å². The van der Waals surface area contributed by atoms with Crippen molar-refractivity contribution in [1.82, 2.24) is 15.2 Å². The number of aryl methyl sites for hydroxylation is 1. The number of hydrogen-bond donors (Lipinski definition) is 2. The zero-order chi connectivity index (χ0) is 15.6. The number of ether oxygens (including phenoxy) is 1. The van der Waals surface area contributed by atoms with Crippen LogP contribution in [0.2, 0.25) is 0 Å². The van der Waals surface area contributed by atoms with Gasteiger partial charge in [0.2, 0.25) is 0 Å². The van der Waals surface area contributed by atoms with Crippen LogP contribution in [0.5, 0.6) is 0 Å². The van der Waals surface area contributed by atoms with Crippen molar-refractivity contribution < 1.29 is 4.74 Å². The van der Waals surface area contributed by atoms with Crippen molar-refractivity contribution in [2.75, 3.05) is 33.4 Å². The van der Waals surface area contributed by atoms with Crippen LogP contribution in [0, 0.1) is 0 Å². The molecule has 1 aromatic heterocycles. The Bertz CT molecular complexity index is 597. The number of halogens is 1. The van der Waals surface area contributed by atoms with E-state index in [2.05, 4.69) is 56.7 Å². The number of nitrogens with zero attached hydrogens (tertiary/aromatic N) is 2. The molecule has 0 atom stereocenters. The molecule has 0 spiro atoms. The lowest BCUT2D eigenvalue weighted by molar-refractivity contribution is 0.152. The predicted molar refractivity (Wildman–Crippen MR) is 108 cm³/mol. The largest absolute Gasteiger partial charge is 0.380 e. The quantitative estimate of drug-likeness (QED) is 0.293. The molecule has 0 saturated carbocycles. The Hall–Kier alpha value is -1.28. The van der Waals surface area contributed by atoms with Gasteiger partial charge in [0, 0.05) is 45.0 Å². The summed E-state index contributed by atoms with van der Waals surface area (Å²) >= 11 is 0. The summed E-state index contributed by atoms with van der Waals surface area (Å²) in [5.74, 6) is 0.831. The third-order valence-electron chi connectivity index (χ3n) is 3.52. The van der Waals surface area contributed by atoms with Crippen molar-refractivity contribution in [1.29, 1.82) is 0 Å². The highest BCUT2D eigenvalue weighted by Crippen LogP contribution is 2.15. The molecule has 0 amide bonds. The van der Waals surface area contributed by atoms with E-state index in [-0.39, 0.29) is 24.0 Å². The first-order chi connectivity index (χ1) is 10.8. The Morgan fingerprint density at radius 1 is 1.17 bits per heavy atom. The topological polar surface area (TPSA) is 50.6 Å². The van der Waals surface area contributed by atoms with E-state index in [9.17, 15) is 0 Å². The van der Waals surface area contributed by atoms with Gasteiger partial charge in [0.25, 0.3) is 0 Å². The minimum atomic E-state index is 0. The van der Waals surface area contributed by atoms with Crippen molar-refractivity contribution in [2.24, 2.45) is 4.99 Å². The van der Waals surface area contributed by atoms with Crippen LogP contribution in [-0.2, 0) is 11.3 Å². The molecule has 0 aliphatic carbocycles. The summed E-state index contributed by atoms with van der Waals surface area (Å²) in [7, 11) is 1.79. The van der Waals surface area contributed by atoms with Gasteiger partial charge < -0.3 is 19.9 Å². The Morgan fingerprint density at radius 2 is 1.96 bits per heavy atom. The van der Waals surface area contributed by atoms with E-state index < -0.39 is 0 Å². The van der Waals surface area contributed by atoms with Crippen molar-refractivity contribution >= 4 is 40.8 Å². The molecule has 2 N–H and O–H groups in total. The summed E-state index contributed by atoms with van der Waals surface area (Å²) < 4.78 is 7.59. The molecule has 0 fully saturated rings. The molecule has 1 heterocycles. The Labute approximate surface area is 155 Å². The maximum Gasteiger partial charge on any atom is 0.191 e. The van der Waals surface area contributed by atoms with Gasteiger partial charge in [-0.3, -0.25) is 4.99 Å². The van der Waals surface area contributed by atoms with E-state index in [0.717, 1.165) is 38.6 Å². The van der Waals surface area contributed by atoms with Crippen LogP contribution >= 0.6 is 24.0 Å². The summed E-state index contributed by atoms with van der Waals surface area (Å²) in [5.41, 5.74) is 1.29. The van der Waals surface area contributed by atoms with Crippen LogP contribution in [0.1, 0.15) is 13.3 Å². The third-order valence-corrected chi connectivity index (χ3v) is 3.52. The number of aromatic nitrogens is 1. The molecule has 2 aromatic rings. The zero-order valence-corrected chi connectivity index (χ0v) is 16.2. The fourth-order valence-corrected chi connectivity index (χ4v) is 2.40. The molecule has 0 aliphatic heterocycles. The molecule has 0 saturated heterocycles. The summed E-state index contributed by atoms with van der Waals surface area (Å²) in [6.45, 7) is 6.11. The van der Waals surface area contributed by atoms with Crippen molar-refractivity contribution in [3.63, 3.8) is 0 Å². The molecule has 1 aromatic carbocycles. The highest BCUT2D eigenvalue weighted by molar-refractivity contribution is 14.0. The monoisotopic (exact) mass is 430 g/mol. The fourth-order valence-electron chi connectivity index (χ4n) is 2.40. The average Bonchev–Trinajstić information content (AvgIpc) is 2.97. The highest BCUT2D eigenvalue weighted by atomic mass is 127. The number of fused-ring (bicyclic) bond motifs is 1. The first-order valence-electron chi connectivity index (χ1n) is 7.91. The SMILES string of the molecule is CCOCCNC(=NC)NCCCn1ccc2ccccc21.I. The number of aliphatic imine (C=N–C) groups is 1. The van der Waals surface area contributed by atoms with E-state index in [1.165, 1.54) is 10.9 Å². The minimum Gasteiger partial charge on any atom is -0.380 e. The van der Waals surface area contributed by atoms with Gasteiger partial charge in [-0.05, 0) is 30.9 Å². The standard InChI is InChI=1S/C17H26N4O.HI/c1-3-22-14-11-20-17(18-2)19-10-6-12-21-13-9-15-7-4-5-8-16(15)21;/h4-5,7-9,13H,3,6,10-12,14H2,1-2H3,(H2,18,19,20);1H. The molecule has 0 unspecified atom stereocenters. The number of benzene rings is 1. The molecule has 0 radical (unpaired) electrons. The number of guanidine groups is 1. The van der Waals surface area contributed by atoms with Gasteiger partial charge in [-0.25, -0.2) is 0 Å². The molecule has 2 rings (SSSR count). The van der Waals surface area contributed by atoms with Gasteiger partial charge in [-0.15, -0.1) is 24.0 Å². The van der Waals surface area contributed by atoms with Crippen LogP contribution in [0.4, 0.5) is 0 Å². The number of para-hydroxylation sites is 1. The third kappa shape index (κ3) is 6.39. The molecule has 6 heteroatoms. The van der Waals surface area contributed by atoms with Crippen molar-refractivity contribution in [2.45, 2.75) is 19.9 Å². The highest BCUT2D eigenvalue weighted by Gasteiger charge is 2.00. The van der Waals surface area contributed by atoms with Gasteiger partial charge in [-0.2, -0.15) is 0 Å². The number of rotatable bonds is 8.